The summed E-state index contributed by atoms with van der Waals surface area (Å²) in [5.41, 5.74) is 7.18. The van der Waals surface area contributed by atoms with Gasteiger partial charge in [-0.1, -0.05) is 64.1 Å². The fraction of sp³-hybridized carbons (Fsp3) is 0.452. The van der Waals surface area contributed by atoms with Crippen molar-refractivity contribution in [2.24, 2.45) is 0 Å². The molecule has 9 heteroatoms. The van der Waals surface area contributed by atoms with Crippen molar-refractivity contribution in [3.63, 3.8) is 0 Å². The SMILES string of the molecule is CC1(C)\C(=C/C=C(/C=C/C2N(CCC[N+](C)(C)C)c3ccccc3C2(C)C)c2ccncc2)N(CCC[N+](C)(C)C)c2ccc(S(=O)(=O)O)cc21. The predicted molar refractivity (Wildman–Crippen MR) is 212 cm³/mol. The zero-order chi connectivity index (χ0) is 37.4. The van der Waals surface area contributed by atoms with Gasteiger partial charge in [-0.05, 0) is 64.7 Å². The van der Waals surface area contributed by atoms with Crippen LogP contribution < -0.4 is 9.80 Å². The molecule has 0 saturated heterocycles. The summed E-state index contributed by atoms with van der Waals surface area (Å²) in [6, 6.07) is 18.1. The summed E-state index contributed by atoms with van der Waals surface area (Å²) < 4.78 is 36.1. The Morgan fingerprint density at radius 1 is 0.843 bits per heavy atom. The highest BCUT2D eigenvalue weighted by Crippen LogP contribution is 2.49. The Balaban J connectivity index is 1.58. The Kier molecular flexibility index (Phi) is 10.8. The van der Waals surface area contributed by atoms with Crippen molar-refractivity contribution >= 4 is 27.1 Å². The lowest BCUT2D eigenvalue weighted by atomic mass is 9.80. The minimum atomic E-state index is -4.34. The average Bonchev–Trinajstić information content (AvgIpc) is 3.38. The second-order valence-electron chi connectivity index (χ2n) is 17.3. The molecule has 51 heavy (non-hydrogen) atoms. The first-order valence-electron chi connectivity index (χ1n) is 18.1. The molecular weight excluding hydrogens is 655 g/mol. The minimum Gasteiger partial charge on any atom is -0.364 e. The number of fused-ring (bicyclic) bond motifs is 2. The van der Waals surface area contributed by atoms with Crippen LogP contribution in [0.3, 0.4) is 0 Å². The first-order chi connectivity index (χ1) is 23.7. The molecule has 3 aromatic rings. The minimum absolute atomic E-state index is 0.0796. The van der Waals surface area contributed by atoms with Gasteiger partial charge in [-0.3, -0.25) is 9.54 Å². The van der Waals surface area contributed by atoms with Gasteiger partial charge in [0.05, 0.1) is 66.3 Å². The molecule has 5 rings (SSSR count). The summed E-state index contributed by atoms with van der Waals surface area (Å²) >= 11 is 0. The Morgan fingerprint density at radius 3 is 2.10 bits per heavy atom. The van der Waals surface area contributed by atoms with E-state index in [0.717, 1.165) is 76.1 Å². The van der Waals surface area contributed by atoms with Crippen LogP contribution in [0.4, 0.5) is 11.4 Å². The molecule has 1 N–H and O–H groups in total. The third-order valence-electron chi connectivity index (χ3n) is 10.5. The summed E-state index contributed by atoms with van der Waals surface area (Å²) in [4.78, 5) is 9.14. The molecule has 1 unspecified atom stereocenters. The number of quaternary nitrogens is 2. The summed E-state index contributed by atoms with van der Waals surface area (Å²) in [7, 11) is 9.00. The molecule has 274 valence electrons. The predicted octanol–water partition coefficient (Wildman–Crippen LogP) is 7.31. The lowest BCUT2D eigenvalue weighted by Gasteiger charge is -2.33. The molecule has 3 heterocycles. The third kappa shape index (κ3) is 8.66. The molecule has 2 aromatic carbocycles. The van der Waals surface area contributed by atoms with Crippen molar-refractivity contribution in [1.29, 1.82) is 0 Å². The molecule has 0 amide bonds. The topological polar surface area (TPSA) is 73.7 Å². The number of nitrogens with zero attached hydrogens (tertiary/aromatic N) is 5. The number of aromatic nitrogens is 1. The van der Waals surface area contributed by atoms with E-state index in [2.05, 4.69) is 133 Å². The quantitative estimate of drug-likeness (QED) is 0.114. The molecule has 1 atom stereocenters. The van der Waals surface area contributed by atoms with Crippen LogP contribution in [0.15, 0.2) is 102 Å². The number of benzene rings is 2. The molecule has 2 aliphatic heterocycles. The van der Waals surface area contributed by atoms with Crippen LogP contribution in [0.5, 0.6) is 0 Å². The van der Waals surface area contributed by atoms with Crippen molar-refractivity contribution in [2.45, 2.75) is 62.3 Å². The maximum Gasteiger partial charge on any atom is 0.294 e. The van der Waals surface area contributed by atoms with E-state index in [1.165, 1.54) is 17.3 Å². The van der Waals surface area contributed by atoms with E-state index in [4.69, 9.17) is 0 Å². The zero-order valence-corrected chi connectivity index (χ0v) is 33.2. The van der Waals surface area contributed by atoms with Gasteiger partial charge in [0, 0.05) is 66.2 Å². The fourth-order valence-electron chi connectivity index (χ4n) is 7.70. The van der Waals surface area contributed by atoms with Gasteiger partial charge in [0.2, 0.25) is 0 Å². The highest BCUT2D eigenvalue weighted by atomic mass is 32.2. The lowest BCUT2D eigenvalue weighted by Crippen LogP contribution is -2.42. The van der Waals surface area contributed by atoms with Crippen molar-refractivity contribution in [1.82, 2.24) is 4.98 Å². The molecule has 0 saturated carbocycles. The van der Waals surface area contributed by atoms with Crippen molar-refractivity contribution < 1.29 is 21.9 Å². The van der Waals surface area contributed by atoms with E-state index in [9.17, 15) is 13.0 Å². The average molecular weight is 714 g/mol. The molecule has 0 bridgehead atoms. The van der Waals surface area contributed by atoms with Crippen LogP contribution in [0.25, 0.3) is 5.57 Å². The summed E-state index contributed by atoms with van der Waals surface area (Å²) in [6.07, 6.45) is 14.8. The van der Waals surface area contributed by atoms with Crippen molar-refractivity contribution in [3.8, 4) is 0 Å². The number of para-hydroxylation sites is 1. The highest BCUT2D eigenvalue weighted by molar-refractivity contribution is 7.85. The van der Waals surface area contributed by atoms with Crippen LogP contribution in [-0.2, 0) is 20.9 Å². The van der Waals surface area contributed by atoms with E-state index in [1.54, 1.807) is 6.07 Å². The van der Waals surface area contributed by atoms with Crippen molar-refractivity contribution in [2.75, 3.05) is 78.3 Å². The molecule has 0 fully saturated rings. The standard InChI is InChI=1S/C42H58N5O3S/c1-41(2)35-15-11-12-16-37(35)44(27-13-29-46(5,6)7)39(41)21-17-32(33-23-25-43-26-24-33)18-22-40-42(3,4)36-31-34(51(48,49)50)19-20-38(36)45(40)28-14-30-47(8,9)10/h11-12,15-26,31,39H,13-14,27-30H2,1-10H3/q+1/p+1/b21-17+,32-18-,40-22+. The number of hydrogen-bond donors (Lipinski definition) is 1. The summed E-state index contributed by atoms with van der Waals surface area (Å²) in [5.74, 6) is 0. The van der Waals surface area contributed by atoms with Gasteiger partial charge in [0.1, 0.15) is 0 Å². The molecule has 8 nitrogen and oxygen atoms in total. The van der Waals surface area contributed by atoms with Crippen LogP contribution in [-0.4, -0.2) is 101 Å². The number of anilines is 2. The van der Waals surface area contributed by atoms with Gasteiger partial charge in [-0.25, -0.2) is 0 Å². The monoisotopic (exact) mass is 713 g/mol. The lowest BCUT2D eigenvalue weighted by molar-refractivity contribution is -0.870. The summed E-state index contributed by atoms with van der Waals surface area (Å²) in [6.45, 7) is 12.8. The van der Waals surface area contributed by atoms with Gasteiger partial charge in [-0.2, -0.15) is 8.42 Å². The van der Waals surface area contributed by atoms with Crippen LogP contribution in [0.1, 0.15) is 57.2 Å². The number of hydrogen-bond acceptors (Lipinski definition) is 5. The van der Waals surface area contributed by atoms with Gasteiger partial charge in [0.15, 0.2) is 0 Å². The fourth-order valence-corrected chi connectivity index (χ4v) is 8.21. The van der Waals surface area contributed by atoms with E-state index in [1.807, 2.05) is 30.6 Å². The maximum atomic E-state index is 12.2. The second kappa shape index (κ2) is 14.3. The van der Waals surface area contributed by atoms with E-state index in [-0.39, 0.29) is 16.4 Å². The largest absolute Gasteiger partial charge is 0.364 e. The van der Waals surface area contributed by atoms with Crippen molar-refractivity contribution in [3.05, 3.63) is 114 Å². The van der Waals surface area contributed by atoms with Crippen LogP contribution in [0, 0.1) is 0 Å². The van der Waals surface area contributed by atoms with Crippen LogP contribution in [0.2, 0.25) is 0 Å². The Bertz CT molecular complexity index is 1920. The normalized spacial score (nSPS) is 19.6. The molecule has 0 radical (unpaired) electrons. The number of pyridine rings is 1. The molecule has 2 aliphatic rings. The van der Waals surface area contributed by atoms with Crippen LogP contribution >= 0.6 is 0 Å². The summed E-state index contributed by atoms with van der Waals surface area (Å²) in [5, 5.41) is 0. The highest BCUT2D eigenvalue weighted by Gasteiger charge is 2.43. The number of allylic oxidation sites excluding steroid dienone is 5. The second-order valence-corrected chi connectivity index (χ2v) is 18.7. The van der Waals surface area contributed by atoms with Gasteiger partial charge in [0.25, 0.3) is 10.1 Å². The Labute approximate surface area is 307 Å². The Morgan fingerprint density at radius 2 is 1.47 bits per heavy atom. The molecule has 0 spiro atoms. The third-order valence-corrected chi connectivity index (χ3v) is 11.3. The van der Waals surface area contributed by atoms with E-state index >= 15 is 0 Å². The maximum absolute atomic E-state index is 12.2. The van der Waals surface area contributed by atoms with Gasteiger partial charge < -0.3 is 18.8 Å². The first-order valence-corrected chi connectivity index (χ1v) is 19.5. The first kappa shape index (κ1) is 38.5. The molecule has 1 aromatic heterocycles. The Hall–Kier alpha value is -3.76. The van der Waals surface area contributed by atoms with E-state index in [0.29, 0.717) is 0 Å². The van der Waals surface area contributed by atoms with Gasteiger partial charge >= 0.3 is 0 Å². The van der Waals surface area contributed by atoms with E-state index < -0.39 is 15.5 Å². The molecular formula is C42H59N5O3S+2. The zero-order valence-electron chi connectivity index (χ0n) is 32.4. The smallest absolute Gasteiger partial charge is 0.294 e. The number of rotatable bonds is 13. The molecule has 0 aliphatic carbocycles. The van der Waals surface area contributed by atoms with Gasteiger partial charge in [-0.15, -0.1) is 0 Å².